The van der Waals surface area contributed by atoms with Gasteiger partial charge in [-0.3, -0.25) is 4.79 Å². The van der Waals surface area contributed by atoms with Crippen molar-refractivity contribution in [3.8, 4) is 11.4 Å². The monoisotopic (exact) mass is 523 g/mol. The average Bonchev–Trinajstić information content (AvgIpc) is 3.83. The summed E-state index contributed by atoms with van der Waals surface area (Å²) < 4.78 is 26.0. The summed E-state index contributed by atoms with van der Waals surface area (Å²) in [7, 11) is -3.47. The highest BCUT2D eigenvalue weighted by Crippen LogP contribution is 2.43. The molecule has 0 spiro atoms. The molecular formula is C25H29N7O4S. The van der Waals surface area contributed by atoms with E-state index < -0.39 is 10.0 Å². The van der Waals surface area contributed by atoms with Crippen LogP contribution in [-0.2, 0) is 10.0 Å². The smallest absolute Gasteiger partial charge is 0.256 e. The van der Waals surface area contributed by atoms with Crippen molar-refractivity contribution in [2.24, 2.45) is 0 Å². The zero-order chi connectivity index (χ0) is 25.6. The van der Waals surface area contributed by atoms with Crippen molar-refractivity contribution in [3.63, 3.8) is 0 Å². The average molecular weight is 524 g/mol. The van der Waals surface area contributed by atoms with E-state index in [0.29, 0.717) is 41.4 Å². The molecule has 3 fully saturated rings. The Balaban J connectivity index is 1.26. The van der Waals surface area contributed by atoms with E-state index in [4.69, 9.17) is 4.98 Å². The van der Waals surface area contributed by atoms with Gasteiger partial charge in [-0.2, -0.15) is 9.19 Å². The lowest BCUT2D eigenvalue weighted by Crippen LogP contribution is -2.28. The van der Waals surface area contributed by atoms with E-state index in [2.05, 4.69) is 25.7 Å². The summed E-state index contributed by atoms with van der Waals surface area (Å²) in [5.74, 6) is 1.65. The Hall–Kier alpha value is -3.38. The van der Waals surface area contributed by atoms with Crippen molar-refractivity contribution < 1.29 is 18.3 Å². The minimum Gasteiger partial charge on any atom is -0.393 e. The molecule has 0 aromatic carbocycles. The normalized spacial score (nSPS) is 22.0. The zero-order valence-corrected chi connectivity index (χ0v) is 21.1. The lowest BCUT2D eigenvalue weighted by atomic mass is 9.92. The first-order valence-electron chi connectivity index (χ1n) is 12.7. The fraction of sp³-hybridized carbons (Fsp3) is 0.480. The van der Waals surface area contributed by atoms with E-state index in [1.165, 1.54) is 12.4 Å². The zero-order valence-electron chi connectivity index (χ0n) is 20.2. The van der Waals surface area contributed by atoms with Crippen LogP contribution in [0.3, 0.4) is 0 Å². The molecule has 3 saturated carbocycles. The van der Waals surface area contributed by atoms with Gasteiger partial charge >= 0.3 is 0 Å². The van der Waals surface area contributed by atoms with E-state index in [-0.39, 0.29) is 23.3 Å². The first-order valence-corrected chi connectivity index (χ1v) is 14.3. The lowest BCUT2D eigenvalue weighted by Gasteiger charge is -2.28. The third kappa shape index (κ3) is 5.08. The molecule has 0 unspecified atom stereocenters. The summed E-state index contributed by atoms with van der Waals surface area (Å²) in [6.45, 7) is 0. The Labute approximate surface area is 214 Å². The van der Waals surface area contributed by atoms with Crippen LogP contribution in [0.1, 0.15) is 73.3 Å². The van der Waals surface area contributed by atoms with Crippen LogP contribution in [-0.4, -0.2) is 61.3 Å². The summed E-state index contributed by atoms with van der Waals surface area (Å²) in [4.78, 5) is 25.7. The number of rotatable bonds is 9. The molecule has 3 aliphatic rings. The van der Waals surface area contributed by atoms with Crippen LogP contribution in [0.5, 0.6) is 0 Å². The molecule has 0 atom stereocenters. The van der Waals surface area contributed by atoms with Gasteiger partial charge in [0.25, 0.3) is 10.0 Å². The van der Waals surface area contributed by atoms with Crippen LogP contribution in [0.15, 0.2) is 30.7 Å². The van der Waals surface area contributed by atoms with Crippen LogP contribution in [0.25, 0.3) is 11.4 Å². The Morgan fingerprint density at radius 2 is 1.81 bits per heavy atom. The molecule has 194 valence electrons. The molecule has 3 N–H and O–H groups in total. The number of aldehydes is 1. The predicted molar refractivity (Wildman–Crippen MR) is 137 cm³/mol. The van der Waals surface area contributed by atoms with Gasteiger partial charge in [-0.05, 0) is 57.4 Å². The van der Waals surface area contributed by atoms with E-state index in [9.17, 15) is 18.3 Å². The van der Waals surface area contributed by atoms with Gasteiger partial charge in [0.2, 0.25) is 0 Å². The Kier molecular flexibility index (Phi) is 6.15. The lowest BCUT2D eigenvalue weighted by molar-refractivity contribution is 0.112. The minimum absolute atomic E-state index is 0.179. The summed E-state index contributed by atoms with van der Waals surface area (Å²) in [5.41, 5.74) is 2.60. The standard InChI is InChI=1S/C25H29N7O4S/c33-14-20-21(28-17-3-5-18(34)6-4-17)11-23(30-24(20)15-1-2-15)29-22-9-10-26-25(31-22)16-12-27-32(13-16)37(35,36)19-7-8-19/h9-15,17-19,34H,1-8H2,(H2,26,28,29,30,31). The van der Waals surface area contributed by atoms with Gasteiger partial charge < -0.3 is 15.7 Å². The molecule has 3 heterocycles. The maximum atomic E-state index is 12.5. The van der Waals surface area contributed by atoms with E-state index >= 15 is 0 Å². The number of nitrogens with one attached hydrogen (secondary N) is 2. The molecule has 12 heteroatoms. The quantitative estimate of drug-likeness (QED) is 0.356. The molecular weight excluding hydrogens is 494 g/mol. The highest BCUT2D eigenvalue weighted by molar-refractivity contribution is 7.90. The number of aromatic nitrogens is 5. The number of carbonyl (C=O) groups excluding carboxylic acids is 1. The number of carbonyl (C=O) groups is 1. The Morgan fingerprint density at radius 1 is 1.03 bits per heavy atom. The second-order valence-electron chi connectivity index (χ2n) is 10.1. The molecule has 3 aromatic rings. The Morgan fingerprint density at radius 3 is 2.51 bits per heavy atom. The van der Waals surface area contributed by atoms with Crippen molar-refractivity contribution in [3.05, 3.63) is 42.0 Å². The van der Waals surface area contributed by atoms with Crippen LogP contribution in [0, 0.1) is 0 Å². The summed E-state index contributed by atoms with van der Waals surface area (Å²) in [6, 6.07) is 3.71. The maximum Gasteiger partial charge on any atom is 0.256 e. The number of nitrogens with zero attached hydrogens (tertiary/aromatic N) is 5. The first kappa shape index (κ1) is 24.0. The summed E-state index contributed by atoms with van der Waals surface area (Å²) in [5, 5.41) is 20.3. The van der Waals surface area contributed by atoms with Gasteiger partial charge in [0.15, 0.2) is 12.1 Å². The number of hydrogen-bond acceptors (Lipinski definition) is 10. The third-order valence-corrected chi connectivity index (χ3v) is 9.20. The molecule has 0 aliphatic heterocycles. The van der Waals surface area contributed by atoms with Gasteiger partial charge in [0.05, 0.1) is 46.3 Å². The van der Waals surface area contributed by atoms with Crippen molar-refractivity contribution >= 4 is 33.6 Å². The number of aliphatic hydroxyl groups is 1. The topological polar surface area (TPSA) is 152 Å². The molecule has 0 saturated heterocycles. The molecule has 37 heavy (non-hydrogen) atoms. The number of hydrogen-bond donors (Lipinski definition) is 3. The van der Waals surface area contributed by atoms with Crippen LogP contribution in [0.4, 0.5) is 17.3 Å². The van der Waals surface area contributed by atoms with Crippen molar-refractivity contribution in [1.82, 2.24) is 24.1 Å². The maximum absolute atomic E-state index is 12.5. The van der Waals surface area contributed by atoms with Gasteiger partial charge in [0.1, 0.15) is 11.6 Å². The molecule has 0 radical (unpaired) electrons. The molecule has 3 aliphatic carbocycles. The molecule has 3 aromatic heterocycles. The van der Waals surface area contributed by atoms with E-state index in [0.717, 1.165) is 60.3 Å². The molecule has 0 bridgehead atoms. The van der Waals surface area contributed by atoms with Crippen LogP contribution >= 0.6 is 0 Å². The van der Waals surface area contributed by atoms with Gasteiger partial charge in [0, 0.05) is 24.2 Å². The fourth-order valence-corrected chi connectivity index (χ4v) is 6.24. The summed E-state index contributed by atoms with van der Waals surface area (Å²) >= 11 is 0. The van der Waals surface area contributed by atoms with Gasteiger partial charge in [-0.1, -0.05) is 0 Å². The van der Waals surface area contributed by atoms with Crippen molar-refractivity contribution in [1.29, 1.82) is 0 Å². The largest absolute Gasteiger partial charge is 0.393 e. The van der Waals surface area contributed by atoms with E-state index in [1.54, 1.807) is 12.3 Å². The highest BCUT2D eigenvalue weighted by Gasteiger charge is 2.37. The number of aliphatic hydroxyl groups excluding tert-OH is 1. The van der Waals surface area contributed by atoms with Gasteiger partial charge in [-0.25, -0.2) is 23.4 Å². The third-order valence-electron chi connectivity index (χ3n) is 7.16. The van der Waals surface area contributed by atoms with E-state index in [1.807, 2.05) is 6.07 Å². The SMILES string of the molecule is O=Cc1c(NC2CCC(O)CC2)cc(Nc2ccnc(-c3cnn(S(=O)(=O)C4CC4)c3)n2)nc1C1CC1. The second-order valence-corrected chi connectivity index (χ2v) is 12.2. The number of pyridine rings is 1. The number of anilines is 3. The predicted octanol–water partition coefficient (Wildman–Crippen LogP) is 3.22. The summed E-state index contributed by atoms with van der Waals surface area (Å²) in [6.07, 6.45) is 11.6. The molecule has 0 amide bonds. The van der Waals surface area contributed by atoms with Crippen LogP contribution < -0.4 is 10.6 Å². The van der Waals surface area contributed by atoms with Crippen molar-refractivity contribution in [2.75, 3.05) is 10.6 Å². The highest BCUT2D eigenvalue weighted by atomic mass is 32.2. The second kappa shape index (κ2) is 9.49. The fourth-order valence-electron chi connectivity index (χ4n) is 4.77. The Bertz CT molecular complexity index is 1420. The minimum atomic E-state index is -3.47. The van der Waals surface area contributed by atoms with Crippen LogP contribution in [0.2, 0.25) is 0 Å². The first-order chi connectivity index (χ1) is 17.9. The molecule has 11 nitrogen and oxygen atoms in total. The van der Waals surface area contributed by atoms with Crippen molar-refractivity contribution in [2.45, 2.75) is 74.7 Å². The van der Waals surface area contributed by atoms with Gasteiger partial charge in [-0.15, -0.1) is 0 Å². The molecule has 6 rings (SSSR count).